The molecule has 0 aliphatic rings. The molecule has 7 heteroatoms. The second-order valence-electron chi connectivity index (χ2n) is 5.44. The molecule has 26 heavy (non-hydrogen) atoms. The Kier molecular flexibility index (Phi) is 6.96. The van der Waals surface area contributed by atoms with Crippen LogP contribution in [0.25, 0.3) is 0 Å². The molecule has 0 saturated carbocycles. The van der Waals surface area contributed by atoms with E-state index in [0.717, 1.165) is 12.0 Å². The molecule has 0 aliphatic carbocycles. The van der Waals surface area contributed by atoms with E-state index in [4.69, 9.17) is 14.2 Å². The van der Waals surface area contributed by atoms with Crippen molar-refractivity contribution in [2.24, 2.45) is 0 Å². The molecule has 0 spiro atoms. The molecule has 0 heterocycles. The van der Waals surface area contributed by atoms with Crippen LogP contribution in [0.3, 0.4) is 0 Å². The Hall–Kier alpha value is -3.09. The summed E-state index contributed by atoms with van der Waals surface area (Å²) in [6.07, 6.45) is 1.38. The van der Waals surface area contributed by atoms with Crippen molar-refractivity contribution < 1.29 is 23.9 Å². The third-order valence-electron chi connectivity index (χ3n) is 3.68. The molecule has 0 saturated heterocycles. The van der Waals surface area contributed by atoms with Crippen molar-refractivity contribution in [3.05, 3.63) is 63.7 Å². The first kappa shape index (κ1) is 19.2. The number of carbonyl (C=O) groups is 1. The Labute approximate surface area is 151 Å². The fraction of sp³-hybridized carbons (Fsp3) is 0.316. The van der Waals surface area contributed by atoms with Gasteiger partial charge in [0.2, 0.25) is 0 Å². The number of ether oxygens (including phenoxy) is 3. The lowest BCUT2D eigenvalue weighted by atomic mass is 10.1. The smallest absolute Gasteiger partial charge is 0.345 e. The first-order valence-electron chi connectivity index (χ1n) is 8.27. The molecular formula is C19H21NO6. The first-order valence-corrected chi connectivity index (χ1v) is 8.27. The van der Waals surface area contributed by atoms with Crippen molar-refractivity contribution in [1.29, 1.82) is 0 Å². The Bertz CT molecular complexity index is 760. The number of carbonyl (C=O) groups excluding carboxylic acids is 1. The lowest BCUT2D eigenvalue weighted by Gasteiger charge is -2.11. The van der Waals surface area contributed by atoms with Crippen LogP contribution in [0.1, 0.15) is 29.3 Å². The molecule has 0 atom stereocenters. The second-order valence-corrected chi connectivity index (χ2v) is 5.44. The maximum atomic E-state index is 12.3. The highest BCUT2D eigenvalue weighted by Gasteiger charge is 2.25. The van der Waals surface area contributed by atoms with Crippen molar-refractivity contribution in [2.45, 2.75) is 19.8 Å². The molecule has 0 aliphatic heterocycles. The minimum absolute atomic E-state index is 0.154. The summed E-state index contributed by atoms with van der Waals surface area (Å²) in [7, 11) is 1.38. The van der Waals surface area contributed by atoms with Crippen molar-refractivity contribution in [1.82, 2.24) is 0 Å². The molecule has 0 aromatic heterocycles. The zero-order chi connectivity index (χ0) is 18.9. The standard InChI is InChI=1S/C19H21NO6/c1-3-25-18-12-15(16(20(22)23)13-17(18)24-2)19(21)26-11-7-10-14-8-5-4-6-9-14/h4-6,8-9,12-13H,3,7,10-11H2,1-2H3. The van der Waals surface area contributed by atoms with Gasteiger partial charge in [0.05, 0.1) is 31.3 Å². The first-order chi connectivity index (χ1) is 12.6. The van der Waals surface area contributed by atoms with Gasteiger partial charge in [-0.1, -0.05) is 30.3 Å². The molecule has 0 fully saturated rings. The number of nitro benzene ring substituents is 1. The minimum atomic E-state index is -0.756. The van der Waals surface area contributed by atoms with E-state index in [9.17, 15) is 14.9 Å². The van der Waals surface area contributed by atoms with Crippen molar-refractivity contribution in [2.75, 3.05) is 20.3 Å². The third-order valence-corrected chi connectivity index (χ3v) is 3.68. The van der Waals surface area contributed by atoms with E-state index in [1.807, 2.05) is 30.3 Å². The molecule has 7 nitrogen and oxygen atoms in total. The van der Waals surface area contributed by atoms with Gasteiger partial charge in [-0.3, -0.25) is 10.1 Å². The summed E-state index contributed by atoms with van der Waals surface area (Å²) in [5.74, 6) is -0.301. The lowest BCUT2D eigenvalue weighted by Crippen LogP contribution is -2.11. The number of aryl methyl sites for hydroxylation is 1. The van der Waals surface area contributed by atoms with E-state index in [1.165, 1.54) is 19.2 Å². The third kappa shape index (κ3) is 4.95. The number of hydrogen-bond donors (Lipinski definition) is 0. The van der Waals surface area contributed by atoms with E-state index >= 15 is 0 Å². The van der Waals surface area contributed by atoms with Crippen LogP contribution in [0.5, 0.6) is 11.5 Å². The van der Waals surface area contributed by atoms with Crippen LogP contribution in [-0.2, 0) is 11.2 Å². The summed E-state index contributed by atoms with van der Waals surface area (Å²) in [5, 5.41) is 11.3. The fourth-order valence-electron chi connectivity index (χ4n) is 2.46. The lowest BCUT2D eigenvalue weighted by molar-refractivity contribution is -0.385. The molecule has 2 rings (SSSR count). The van der Waals surface area contributed by atoms with Crippen LogP contribution >= 0.6 is 0 Å². The van der Waals surface area contributed by atoms with Crippen molar-refractivity contribution in [3.8, 4) is 11.5 Å². The van der Waals surface area contributed by atoms with E-state index in [0.29, 0.717) is 13.0 Å². The average molecular weight is 359 g/mol. The van der Waals surface area contributed by atoms with Crippen LogP contribution in [-0.4, -0.2) is 31.2 Å². The van der Waals surface area contributed by atoms with E-state index in [1.54, 1.807) is 6.92 Å². The molecule has 2 aromatic carbocycles. The summed E-state index contributed by atoms with van der Waals surface area (Å²) in [5.41, 5.74) is 0.606. The molecule has 2 aromatic rings. The normalized spacial score (nSPS) is 10.2. The highest BCUT2D eigenvalue weighted by molar-refractivity contribution is 5.95. The van der Waals surface area contributed by atoms with Crippen LogP contribution < -0.4 is 9.47 Å². The average Bonchev–Trinajstić information content (AvgIpc) is 2.65. The zero-order valence-corrected chi connectivity index (χ0v) is 14.8. The van der Waals surface area contributed by atoms with E-state index in [-0.39, 0.29) is 29.4 Å². The van der Waals surface area contributed by atoms with Crippen LogP contribution in [0.4, 0.5) is 5.69 Å². The summed E-state index contributed by atoms with van der Waals surface area (Å²) in [6, 6.07) is 12.3. The Morgan fingerprint density at radius 1 is 1.15 bits per heavy atom. The molecular weight excluding hydrogens is 338 g/mol. The van der Waals surface area contributed by atoms with Crippen molar-refractivity contribution in [3.63, 3.8) is 0 Å². The number of nitrogens with zero attached hydrogens (tertiary/aromatic N) is 1. The molecule has 0 unspecified atom stereocenters. The summed E-state index contributed by atoms with van der Waals surface area (Å²) < 4.78 is 15.7. The predicted octanol–water partition coefficient (Wildman–Crippen LogP) is 3.79. The summed E-state index contributed by atoms with van der Waals surface area (Å²) in [6.45, 7) is 2.27. The topological polar surface area (TPSA) is 87.9 Å². The van der Waals surface area contributed by atoms with Gasteiger partial charge in [0.15, 0.2) is 11.5 Å². The van der Waals surface area contributed by atoms with E-state index in [2.05, 4.69) is 0 Å². The van der Waals surface area contributed by atoms with E-state index < -0.39 is 10.9 Å². The maximum Gasteiger partial charge on any atom is 0.345 e. The van der Waals surface area contributed by atoms with Crippen molar-refractivity contribution >= 4 is 11.7 Å². The zero-order valence-electron chi connectivity index (χ0n) is 14.8. The number of benzene rings is 2. The van der Waals surface area contributed by atoms with Gasteiger partial charge in [0, 0.05) is 6.07 Å². The van der Waals surface area contributed by atoms with Crippen LogP contribution in [0, 0.1) is 10.1 Å². The number of esters is 1. The van der Waals surface area contributed by atoms with Gasteiger partial charge in [-0.15, -0.1) is 0 Å². The van der Waals surface area contributed by atoms with Gasteiger partial charge < -0.3 is 14.2 Å². The number of hydrogen-bond acceptors (Lipinski definition) is 6. The SMILES string of the molecule is CCOc1cc(C(=O)OCCCc2ccccc2)c([N+](=O)[O-])cc1OC. The minimum Gasteiger partial charge on any atom is -0.493 e. The largest absolute Gasteiger partial charge is 0.493 e. The maximum absolute atomic E-state index is 12.3. The molecule has 0 bridgehead atoms. The molecule has 138 valence electrons. The number of methoxy groups -OCH3 is 1. The van der Waals surface area contributed by atoms with Gasteiger partial charge in [0.25, 0.3) is 5.69 Å². The van der Waals surface area contributed by atoms with Gasteiger partial charge in [-0.25, -0.2) is 4.79 Å². The monoisotopic (exact) mass is 359 g/mol. The van der Waals surface area contributed by atoms with Crippen LogP contribution in [0.15, 0.2) is 42.5 Å². The molecule has 0 N–H and O–H groups in total. The molecule has 0 radical (unpaired) electrons. The van der Waals surface area contributed by atoms with Crippen LogP contribution in [0.2, 0.25) is 0 Å². The summed E-state index contributed by atoms with van der Waals surface area (Å²) in [4.78, 5) is 23.0. The predicted molar refractivity (Wildman–Crippen MR) is 95.9 cm³/mol. The summed E-state index contributed by atoms with van der Waals surface area (Å²) >= 11 is 0. The highest BCUT2D eigenvalue weighted by atomic mass is 16.6. The van der Waals surface area contributed by atoms with Gasteiger partial charge in [0.1, 0.15) is 5.56 Å². The molecule has 0 amide bonds. The second kappa shape index (κ2) is 9.41. The number of nitro groups is 1. The fourth-order valence-corrected chi connectivity index (χ4v) is 2.46. The van der Waals surface area contributed by atoms with Gasteiger partial charge in [-0.2, -0.15) is 0 Å². The Morgan fingerprint density at radius 2 is 1.88 bits per heavy atom. The highest BCUT2D eigenvalue weighted by Crippen LogP contribution is 2.35. The Balaban J connectivity index is 2.08. The quantitative estimate of drug-likeness (QED) is 0.293. The number of rotatable bonds is 9. The van der Waals surface area contributed by atoms with Gasteiger partial charge >= 0.3 is 5.97 Å². The van der Waals surface area contributed by atoms with Gasteiger partial charge in [-0.05, 0) is 25.3 Å². The Morgan fingerprint density at radius 3 is 2.50 bits per heavy atom.